The van der Waals surface area contributed by atoms with Gasteiger partial charge in [-0.2, -0.15) is 0 Å². The molecule has 1 atom stereocenters. The third-order valence-electron chi connectivity index (χ3n) is 5.72. The van der Waals surface area contributed by atoms with Gasteiger partial charge in [-0.1, -0.05) is 50.3 Å². The van der Waals surface area contributed by atoms with Gasteiger partial charge in [-0.25, -0.2) is 0 Å². The van der Waals surface area contributed by atoms with Gasteiger partial charge in [0.05, 0.1) is 13.2 Å². The molecule has 0 radical (unpaired) electrons. The Balaban J connectivity index is 1.66. The molecule has 0 spiro atoms. The van der Waals surface area contributed by atoms with E-state index >= 15 is 0 Å². The van der Waals surface area contributed by atoms with Gasteiger partial charge in [0.15, 0.2) is 5.11 Å². The van der Waals surface area contributed by atoms with Gasteiger partial charge in [0.25, 0.3) is 0 Å². The molecule has 0 amide bonds. The normalized spacial score (nSPS) is 21.3. The number of hydrogen-bond acceptors (Lipinski definition) is 3. The van der Waals surface area contributed by atoms with E-state index in [0.29, 0.717) is 6.04 Å². The molecule has 1 unspecified atom stereocenters. The van der Waals surface area contributed by atoms with Crippen LogP contribution in [0.3, 0.4) is 0 Å². The van der Waals surface area contributed by atoms with Crippen molar-refractivity contribution < 1.29 is 9.47 Å². The summed E-state index contributed by atoms with van der Waals surface area (Å²) < 4.78 is 11.4. The molecule has 0 bridgehead atoms. The second-order valence-corrected chi connectivity index (χ2v) is 8.21. The summed E-state index contributed by atoms with van der Waals surface area (Å²) in [5.41, 5.74) is 1.17. The fraction of sp³-hybridized carbons (Fsp3) is 0.682. The quantitative estimate of drug-likeness (QED) is 0.714. The van der Waals surface area contributed by atoms with Crippen molar-refractivity contribution in [2.24, 2.45) is 0 Å². The van der Waals surface area contributed by atoms with Crippen LogP contribution >= 0.6 is 12.2 Å². The van der Waals surface area contributed by atoms with Crippen molar-refractivity contribution in [2.45, 2.75) is 76.5 Å². The van der Waals surface area contributed by atoms with Gasteiger partial charge in [0.2, 0.25) is 0 Å². The van der Waals surface area contributed by atoms with Crippen LogP contribution in [0.1, 0.15) is 63.4 Å². The first-order valence-corrected chi connectivity index (χ1v) is 11.0. The SMILES string of the molecule is COc1ccccc1CN(CC1CCCO1)C(=S)NC1CCCCCCC1. The number of nitrogens with zero attached hydrogens (tertiary/aromatic N) is 1. The third kappa shape index (κ3) is 6.35. The van der Waals surface area contributed by atoms with Crippen molar-refractivity contribution >= 4 is 17.3 Å². The van der Waals surface area contributed by atoms with E-state index in [-0.39, 0.29) is 6.10 Å². The lowest BCUT2D eigenvalue weighted by molar-refractivity contribution is 0.0893. The molecule has 1 saturated heterocycles. The summed E-state index contributed by atoms with van der Waals surface area (Å²) in [6.07, 6.45) is 11.7. The summed E-state index contributed by atoms with van der Waals surface area (Å²) in [4.78, 5) is 2.28. The Hall–Kier alpha value is -1.33. The number of ether oxygens (including phenoxy) is 2. The van der Waals surface area contributed by atoms with Crippen molar-refractivity contribution in [1.82, 2.24) is 10.2 Å². The zero-order chi connectivity index (χ0) is 18.9. The van der Waals surface area contributed by atoms with Gasteiger partial charge >= 0.3 is 0 Å². The minimum atomic E-state index is 0.275. The predicted octanol–water partition coefficient (Wildman–Crippen LogP) is 4.66. The molecule has 2 fully saturated rings. The Morgan fingerprint density at radius 1 is 1.11 bits per heavy atom. The van der Waals surface area contributed by atoms with Gasteiger partial charge in [0.1, 0.15) is 5.75 Å². The molecule has 27 heavy (non-hydrogen) atoms. The standard InChI is InChI=1S/C22H34N2O2S/c1-25-21-14-8-7-10-18(21)16-24(17-20-13-9-15-26-20)22(27)23-19-11-5-3-2-4-6-12-19/h7-8,10,14,19-20H,2-6,9,11-13,15-17H2,1H3,(H,23,27). The first-order chi connectivity index (χ1) is 13.3. The van der Waals surface area contributed by atoms with Crippen LogP contribution in [-0.4, -0.2) is 42.4 Å². The summed E-state index contributed by atoms with van der Waals surface area (Å²) in [6, 6.07) is 8.72. The van der Waals surface area contributed by atoms with E-state index in [1.165, 1.54) is 50.5 Å². The van der Waals surface area contributed by atoms with Crippen molar-refractivity contribution in [3.8, 4) is 5.75 Å². The van der Waals surface area contributed by atoms with Gasteiger partial charge in [-0.3, -0.25) is 0 Å². The summed E-state index contributed by atoms with van der Waals surface area (Å²) in [5, 5.41) is 4.54. The molecule has 1 saturated carbocycles. The summed E-state index contributed by atoms with van der Waals surface area (Å²) in [6.45, 7) is 2.47. The summed E-state index contributed by atoms with van der Waals surface area (Å²) in [5.74, 6) is 0.920. The molecular formula is C22H34N2O2S. The monoisotopic (exact) mass is 390 g/mol. The molecule has 1 aliphatic heterocycles. The van der Waals surface area contributed by atoms with Crippen LogP contribution in [0, 0.1) is 0 Å². The first kappa shape index (κ1) is 20.4. The van der Waals surface area contributed by atoms with E-state index in [4.69, 9.17) is 21.7 Å². The fourth-order valence-corrected chi connectivity index (χ4v) is 4.46. The molecule has 3 rings (SSSR count). The molecular weight excluding hydrogens is 356 g/mol. The maximum absolute atomic E-state index is 5.89. The summed E-state index contributed by atoms with van der Waals surface area (Å²) >= 11 is 5.87. The van der Waals surface area contributed by atoms with Crippen LogP contribution in [-0.2, 0) is 11.3 Å². The number of hydrogen-bond donors (Lipinski definition) is 1. The Morgan fingerprint density at radius 3 is 2.56 bits per heavy atom. The zero-order valence-corrected chi connectivity index (χ0v) is 17.4. The maximum atomic E-state index is 5.89. The van der Waals surface area contributed by atoms with Crippen molar-refractivity contribution in [1.29, 1.82) is 0 Å². The van der Waals surface area contributed by atoms with Crippen LogP contribution in [0.5, 0.6) is 5.75 Å². The van der Waals surface area contributed by atoms with Crippen molar-refractivity contribution in [3.05, 3.63) is 29.8 Å². The highest BCUT2D eigenvalue weighted by Gasteiger charge is 2.23. The Kier molecular flexibility index (Phi) is 8.21. The lowest BCUT2D eigenvalue weighted by Crippen LogP contribution is -2.47. The smallest absolute Gasteiger partial charge is 0.169 e. The highest BCUT2D eigenvalue weighted by Crippen LogP contribution is 2.22. The molecule has 1 N–H and O–H groups in total. The van der Waals surface area contributed by atoms with E-state index < -0.39 is 0 Å². The van der Waals surface area contributed by atoms with Crippen LogP contribution in [0.4, 0.5) is 0 Å². The number of methoxy groups -OCH3 is 1. The van der Waals surface area contributed by atoms with Crippen molar-refractivity contribution in [3.63, 3.8) is 0 Å². The molecule has 150 valence electrons. The molecule has 1 heterocycles. The van der Waals surface area contributed by atoms with Gasteiger partial charge in [-0.05, 0) is 44.0 Å². The number of benzene rings is 1. The third-order valence-corrected chi connectivity index (χ3v) is 6.10. The van der Waals surface area contributed by atoms with E-state index in [9.17, 15) is 0 Å². The lowest BCUT2D eigenvalue weighted by atomic mass is 9.97. The second-order valence-electron chi connectivity index (χ2n) is 7.82. The van der Waals surface area contributed by atoms with E-state index in [0.717, 1.165) is 43.4 Å². The first-order valence-electron chi connectivity index (χ1n) is 10.5. The van der Waals surface area contributed by atoms with E-state index in [1.807, 2.05) is 12.1 Å². The highest BCUT2D eigenvalue weighted by molar-refractivity contribution is 7.80. The van der Waals surface area contributed by atoms with Crippen molar-refractivity contribution in [2.75, 3.05) is 20.3 Å². The van der Waals surface area contributed by atoms with Crippen LogP contribution in [0.2, 0.25) is 0 Å². The van der Waals surface area contributed by atoms with Gasteiger partial charge in [-0.15, -0.1) is 0 Å². The molecule has 1 aromatic rings. The van der Waals surface area contributed by atoms with E-state index in [1.54, 1.807) is 7.11 Å². The summed E-state index contributed by atoms with van der Waals surface area (Å²) in [7, 11) is 1.73. The maximum Gasteiger partial charge on any atom is 0.169 e. The molecule has 5 heteroatoms. The Bertz CT molecular complexity index is 581. The zero-order valence-electron chi connectivity index (χ0n) is 16.6. The molecule has 1 aromatic carbocycles. The molecule has 2 aliphatic rings. The number of nitrogens with one attached hydrogen (secondary N) is 1. The molecule has 4 nitrogen and oxygen atoms in total. The number of rotatable bonds is 6. The highest BCUT2D eigenvalue weighted by atomic mass is 32.1. The predicted molar refractivity (Wildman–Crippen MR) is 114 cm³/mol. The molecule has 1 aliphatic carbocycles. The minimum Gasteiger partial charge on any atom is -0.496 e. The Morgan fingerprint density at radius 2 is 1.85 bits per heavy atom. The lowest BCUT2D eigenvalue weighted by Gasteiger charge is -2.32. The van der Waals surface area contributed by atoms with Gasteiger partial charge < -0.3 is 19.7 Å². The van der Waals surface area contributed by atoms with Crippen LogP contribution < -0.4 is 10.1 Å². The minimum absolute atomic E-state index is 0.275. The molecule has 0 aromatic heterocycles. The van der Waals surface area contributed by atoms with Crippen LogP contribution in [0.15, 0.2) is 24.3 Å². The number of thiocarbonyl (C=S) groups is 1. The fourth-order valence-electron chi connectivity index (χ4n) is 4.16. The average molecular weight is 391 g/mol. The largest absolute Gasteiger partial charge is 0.496 e. The van der Waals surface area contributed by atoms with Crippen LogP contribution in [0.25, 0.3) is 0 Å². The number of para-hydroxylation sites is 1. The Labute approximate surface area is 169 Å². The average Bonchev–Trinajstić information content (AvgIpc) is 3.17. The van der Waals surface area contributed by atoms with E-state index in [2.05, 4.69) is 22.3 Å². The second kappa shape index (κ2) is 10.9. The topological polar surface area (TPSA) is 33.7 Å². The van der Waals surface area contributed by atoms with Gasteiger partial charge in [0, 0.05) is 31.3 Å².